The molecule has 1 heterocycles. The van der Waals surface area contributed by atoms with Gasteiger partial charge in [0.15, 0.2) is 0 Å². The van der Waals surface area contributed by atoms with Gasteiger partial charge in [0.05, 0.1) is 12.2 Å². The molecule has 0 bridgehead atoms. The van der Waals surface area contributed by atoms with Crippen molar-refractivity contribution in [2.24, 2.45) is 5.73 Å². The molecule has 0 amide bonds. The second-order valence-electron chi connectivity index (χ2n) is 3.76. The van der Waals surface area contributed by atoms with Crippen LogP contribution in [0.3, 0.4) is 0 Å². The predicted molar refractivity (Wildman–Crippen MR) is 63.3 cm³/mol. The SMILES string of the molecule is C=C(CN)c1ccc2c(c1)N(C)CCO2. The van der Waals surface area contributed by atoms with Gasteiger partial charge in [-0.3, -0.25) is 0 Å². The van der Waals surface area contributed by atoms with Gasteiger partial charge in [-0.25, -0.2) is 0 Å². The monoisotopic (exact) mass is 204 g/mol. The molecule has 0 fully saturated rings. The summed E-state index contributed by atoms with van der Waals surface area (Å²) in [5.41, 5.74) is 8.74. The average molecular weight is 204 g/mol. The minimum Gasteiger partial charge on any atom is -0.490 e. The van der Waals surface area contributed by atoms with E-state index in [1.807, 2.05) is 12.1 Å². The van der Waals surface area contributed by atoms with E-state index in [2.05, 4.69) is 24.6 Å². The van der Waals surface area contributed by atoms with Crippen LogP contribution in [-0.2, 0) is 0 Å². The van der Waals surface area contributed by atoms with E-state index in [1.54, 1.807) is 0 Å². The van der Waals surface area contributed by atoms with Crippen molar-refractivity contribution in [2.45, 2.75) is 0 Å². The molecule has 0 aromatic heterocycles. The van der Waals surface area contributed by atoms with Crippen LogP contribution >= 0.6 is 0 Å². The first-order valence-corrected chi connectivity index (χ1v) is 5.08. The fraction of sp³-hybridized carbons (Fsp3) is 0.333. The summed E-state index contributed by atoms with van der Waals surface area (Å²) in [5, 5.41) is 0. The van der Waals surface area contributed by atoms with Crippen molar-refractivity contribution in [3.63, 3.8) is 0 Å². The molecule has 15 heavy (non-hydrogen) atoms. The Morgan fingerprint density at radius 3 is 3.13 bits per heavy atom. The number of benzene rings is 1. The first kappa shape index (κ1) is 10.1. The van der Waals surface area contributed by atoms with E-state index >= 15 is 0 Å². The van der Waals surface area contributed by atoms with Crippen LogP contribution in [0.25, 0.3) is 5.57 Å². The topological polar surface area (TPSA) is 38.5 Å². The van der Waals surface area contributed by atoms with Crippen molar-refractivity contribution in [1.29, 1.82) is 0 Å². The Hall–Kier alpha value is -1.48. The van der Waals surface area contributed by atoms with E-state index in [1.165, 1.54) is 0 Å². The molecule has 0 spiro atoms. The van der Waals surface area contributed by atoms with E-state index in [9.17, 15) is 0 Å². The predicted octanol–water partition coefficient (Wildman–Crippen LogP) is 1.49. The first-order valence-electron chi connectivity index (χ1n) is 5.08. The van der Waals surface area contributed by atoms with E-state index in [0.29, 0.717) is 6.54 Å². The number of nitrogens with two attached hydrogens (primary N) is 1. The molecular formula is C12H16N2O. The fourth-order valence-electron chi connectivity index (χ4n) is 1.69. The molecular weight excluding hydrogens is 188 g/mol. The lowest BCUT2D eigenvalue weighted by atomic mass is 10.1. The first-order chi connectivity index (χ1) is 7.22. The molecule has 1 aliphatic heterocycles. The van der Waals surface area contributed by atoms with Gasteiger partial charge in [-0.2, -0.15) is 0 Å². The average Bonchev–Trinajstić information content (AvgIpc) is 2.28. The number of hydrogen-bond acceptors (Lipinski definition) is 3. The van der Waals surface area contributed by atoms with Gasteiger partial charge in [-0.15, -0.1) is 0 Å². The maximum absolute atomic E-state index is 5.57. The standard InChI is InChI=1S/C12H16N2O/c1-9(8-13)10-3-4-12-11(7-10)14(2)5-6-15-12/h3-4,7H,1,5-6,8,13H2,2H3. The molecule has 0 saturated heterocycles. The lowest BCUT2D eigenvalue weighted by Gasteiger charge is -2.28. The molecule has 0 unspecified atom stereocenters. The summed E-state index contributed by atoms with van der Waals surface area (Å²) in [7, 11) is 2.07. The summed E-state index contributed by atoms with van der Waals surface area (Å²) >= 11 is 0. The lowest BCUT2D eigenvalue weighted by Crippen LogP contribution is -2.28. The Labute approximate surface area is 90.1 Å². The highest BCUT2D eigenvalue weighted by Crippen LogP contribution is 2.32. The molecule has 0 aliphatic carbocycles. The van der Waals surface area contributed by atoms with Crippen molar-refractivity contribution < 1.29 is 4.74 Å². The maximum atomic E-state index is 5.57. The molecule has 0 radical (unpaired) electrons. The van der Waals surface area contributed by atoms with Crippen LogP contribution in [0.15, 0.2) is 24.8 Å². The molecule has 1 aromatic carbocycles. The summed E-state index contributed by atoms with van der Waals surface area (Å²) in [6.45, 7) is 6.10. The van der Waals surface area contributed by atoms with Crippen molar-refractivity contribution in [1.82, 2.24) is 0 Å². The van der Waals surface area contributed by atoms with E-state index in [4.69, 9.17) is 10.5 Å². The van der Waals surface area contributed by atoms with Gasteiger partial charge in [0.1, 0.15) is 12.4 Å². The molecule has 2 N–H and O–H groups in total. The largest absolute Gasteiger partial charge is 0.490 e. The van der Waals surface area contributed by atoms with E-state index in [0.717, 1.165) is 35.7 Å². The Morgan fingerprint density at radius 1 is 1.60 bits per heavy atom. The Morgan fingerprint density at radius 2 is 2.40 bits per heavy atom. The van der Waals surface area contributed by atoms with Gasteiger partial charge in [0, 0.05) is 13.6 Å². The third kappa shape index (κ3) is 1.83. The molecule has 1 aromatic rings. The molecule has 80 valence electrons. The number of likely N-dealkylation sites (N-methyl/N-ethyl adjacent to an activating group) is 1. The summed E-state index contributed by atoms with van der Waals surface area (Å²) in [6.07, 6.45) is 0. The fourth-order valence-corrected chi connectivity index (χ4v) is 1.69. The van der Waals surface area contributed by atoms with Crippen LogP contribution in [0.5, 0.6) is 5.75 Å². The van der Waals surface area contributed by atoms with E-state index in [-0.39, 0.29) is 0 Å². The van der Waals surface area contributed by atoms with Crippen LogP contribution in [-0.4, -0.2) is 26.7 Å². The second kappa shape index (κ2) is 3.95. The number of hydrogen-bond donors (Lipinski definition) is 1. The van der Waals surface area contributed by atoms with Gasteiger partial charge in [-0.05, 0) is 23.3 Å². The zero-order chi connectivity index (χ0) is 10.8. The second-order valence-corrected chi connectivity index (χ2v) is 3.76. The van der Waals surface area contributed by atoms with Gasteiger partial charge < -0.3 is 15.4 Å². The number of nitrogens with zero attached hydrogens (tertiary/aromatic N) is 1. The molecule has 3 heteroatoms. The van der Waals surface area contributed by atoms with Crippen LogP contribution in [0.1, 0.15) is 5.56 Å². The van der Waals surface area contributed by atoms with Gasteiger partial charge in [0.25, 0.3) is 0 Å². The minimum atomic E-state index is 0.489. The highest BCUT2D eigenvalue weighted by Gasteiger charge is 2.15. The Kier molecular flexibility index (Phi) is 2.64. The number of fused-ring (bicyclic) bond motifs is 1. The Balaban J connectivity index is 2.39. The van der Waals surface area contributed by atoms with Crippen LogP contribution in [0.4, 0.5) is 5.69 Å². The molecule has 0 saturated carbocycles. The summed E-state index contributed by atoms with van der Waals surface area (Å²) in [5.74, 6) is 0.942. The number of rotatable bonds is 2. The van der Waals surface area contributed by atoms with Gasteiger partial charge >= 0.3 is 0 Å². The van der Waals surface area contributed by atoms with Crippen molar-refractivity contribution in [3.05, 3.63) is 30.3 Å². The minimum absolute atomic E-state index is 0.489. The molecule has 3 nitrogen and oxygen atoms in total. The van der Waals surface area contributed by atoms with Crippen LogP contribution in [0.2, 0.25) is 0 Å². The van der Waals surface area contributed by atoms with Crippen molar-refractivity contribution >= 4 is 11.3 Å². The maximum Gasteiger partial charge on any atom is 0.142 e. The lowest BCUT2D eigenvalue weighted by molar-refractivity contribution is 0.311. The summed E-state index contributed by atoms with van der Waals surface area (Å²) in [4.78, 5) is 2.19. The molecule has 0 atom stereocenters. The number of ether oxygens (including phenoxy) is 1. The van der Waals surface area contributed by atoms with Crippen LogP contribution < -0.4 is 15.4 Å². The summed E-state index contributed by atoms with van der Waals surface area (Å²) < 4.78 is 5.56. The Bertz CT molecular complexity index is 387. The summed E-state index contributed by atoms with van der Waals surface area (Å²) in [6, 6.07) is 6.08. The van der Waals surface area contributed by atoms with Gasteiger partial charge in [0.2, 0.25) is 0 Å². The van der Waals surface area contributed by atoms with Crippen LogP contribution in [0, 0.1) is 0 Å². The smallest absolute Gasteiger partial charge is 0.142 e. The number of anilines is 1. The quantitative estimate of drug-likeness (QED) is 0.793. The third-order valence-corrected chi connectivity index (χ3v) is 2.71. The van der Waals surface area contributed by atoms with Gasteiger partial charge in [-0.1, -0.05) is 12.6 Å². The third-order valence-electron chi connectivity index (χ3n) is 2.71. The van der Waals surface area contributed by atoms with Crippen molar-refractivity contribution in [2.75, 3.05) is 31.6 Å². The normalized spacial score (nSPS) is 14.4. The van der Waals surface area contributed by atoms with Crippen molar-refractivity contribution in [3.8, 4) is 5.75 Å². The van der Waals surface area contributed by atoms with E-state index < -0.39 is 0 Å². The highest BCUT2D eigenvalue weighted by atomic mass is 16.5. The highest BCUT2D eigenvalue weighted by molar-refractivity contribution is 5.72. The molecule has 2 rings (SSSR count). The zero-order valence-corrected chi connectivity index (χ0v) is 8.99. The molecule has 1 aliphatic rings. The zero-order valence-electron chi connectivity index (χ0n) is 8.99.